The summed E-state index contributed by atoms with van der Waals surface area (Å²) < 4.78 is 19.3. The van der Waals surface area contributed by atoms with Crippen LogP contribution in [0.1, 0.15) is 49.3 Å². The van der Waals surface area contributed by atoms with Gasteiger partial charge in [0.2, 0.25) is 0 Å². The van der Waals surface area contributed by atoms with Gasteiger partial charge < -0.3 is 14.9 Å². The minimum atomic E-state index is -0.885. The summed E-state index contributed by atoms with van der Waals surface area (Å²) in [6.07, 6.45) is 2.86. The van der Waals surface area contributed by atoms with Crippen molar-refractivity contribution in [2.24, 2.45) is 5.41 Å². The molecule has 9 heteroatoms. The number of methoxy groups -OCH3 is 1. The molecule has 0 radical (unpaired) electrons. The molecule has 1 unspecified atom stereocenters. The molecule has 1 aliphatic heterocycles. The number of benzene rings is 2. The Morgan fingerprint density at radius 1 is 1.24 bits per heavy atom. The summed E-state index contributed by atoms with van der Waals surface area (Å²) in [6, 6.07) is 9.80. The molecule has 1 saturated heterocycles. The van der Waals surface area contributed by atoms with Crippen molar-refractivity contribution in [3.05, 3.63) is 69.6 Å². The van der Waals surface area contributed by atoms with Crippen molar-refractivity contribution in [3.63, 3.8) is 0 Å². The van der Waals surface area contributed by atoms with Crippen molar-refractivity contribution >= 4 is 40.1 Å². The smallest absolute Gasteiger partial charge is 0.303 e. The van der Waals surface area contributed by atoms with Gasteiger partial charge in [-0.2, -0.15) is 0 Å². The third-order valence-electron chi connectivity index (χ3n) is 7.25. The maximum atomic E-state index is 14.0. The lowest BCUT2D eigenvalue weighted by molar-refractivity contribution is -0.141. The molecule has 0 saturated carbocycles. The van der Waals surface area contributed by atoms with Gasteiger partial charge in [-0.25, -0.2) is 4.39 Å². The molecular formula is C29H29Cl2FN2O4. The normalized spacial score (nSPS) is 16.0. The lowest BCUT2D eigenvalue weighted by atomic mass is 9.71. The lowest BCUT2D eigenvalue weighted by Gasteiger charge is -2.41. The van der Waals surface area contributed by atoms with Gasteiger partial charge in [-0.3, -0.25) is 14.7 Å². The van der Waals surface area contributed by atoms with Gasteiger partial charge in [-0.05, 0) is 80.6 Å². The number of carboxylic acid groups (broad SMARTS) is 1. The van der Waals surface area contributed by atoms with Crippen LogP contribution in [-0.2, 0) is 4.79 Å². The quantitative estimate of drug-likeness (QED) is 0.324. The van der Waals surface area contributed by atoms with Crippen molar-refractivity contribution < 1.29 is 24.1 Å². The number of rotatable bonds is 8. The van der Waals surface area contributed by atoms with Crippen LogP contribution < -0.4 is 4.74 Å². The van der Waals surface area contributed by atoms with Crippen LogP contribution in [0, 0.1) is 23.1 Å². The number of aliphatic hydroxyl groups is 1. The van der Waals surface area contributed by atoms with Gasteiger partial charge in [0.05, 0.1) is 42.3 Å². The van der Waals surface area contributed by atoms with E-state index in [4.69, 9.17) is 27.9 Å². The number of hydrogen-bond acceptors (Lipinski definition) is 5. The number of ether oxygens (including phenoxy) is 1. The highest BCUT2D eigenvalue weighted by Crippen LogP contribution is 2.43. The van der Waals surface area contributed by atoms with E-state index < -0.39 is 23.3 Å². The Kier molecular flexibility index (Phi) is 9.11. The highest BCUT2D eigenvalue weighted by atomic mass is 35.5. The largest absolute Gasteiger partial charge is 0.497 e. The molecule has 1 fully saturated rings. The Morgan fingerprint density at radius 3 is 2.68 bits per heavy atom. The number of piperidine rings is 1. The molecule has 200 valence electrons. The molecule has 0 spiro atoms. The number of pyridine rings is 1. The van der Waals surface area contributed by atoms with Crippen molar-refractivity contribution in [1.29, 1.82) is 0 Å². The van der Waals surface area contributed by atoms with Gasteiger partial charge in [0, 0.05) is 22.2 Å². The second-order valence-corrected chi connectivity index (χ2v) is 10.6. The molecule has 2 N–H and O–H groups in total. The number of halogens is 3. The van der Waals surface area contributed by atoms with Crippen LogP contribution >= 0.6 is 23.2 Å². The van der Waals surface area contributed by atoms with Crippen molar-refractivity contribution in [3.8, 4) is 17.6 Å². The van der Waals surface area contributed by atoms with E-state index in [1.54, 1.807) is 31.4 Å². The predicted octanol–water partition coefficient (Wildman–Crippen LogP) is 6.11. The summed E-state index contributed by atoms with van der Waals surface area (Å²) in [6.45, 7) is 1.78. The summed E-state index contributed by atoms with van der Waals surface area (Å²) in [4.78, 5) is 18.2. The molecule has 6 nitrogen and oxygen atoms in total. The molecule has 0 aliphatic carbocycles. The fourth-order valence-electron chi connectivity index (χ4n) is 5.08. The Balaban J connectivity index is 1.43. The predicted molar refractivity (Wildman–Crippen MR) is 146 cm³/mol. The summed E-state index contributed by atoms with van der Waals surface area (Å²) in [5.74, 6) is 5.17. The standard InChI is InChI=1S/C29H29Cl2FN2O4/c1-38-21-6-7-25-22(16-21)28(23(31)18-33-25)26(35)8-9-29(17-27(36)37)10-13-34(14-11-29)12-2-3-19-4-5-20(30)15-24(19)32/h4-7,15-16,18,26,35H,8-14,17H2,1H3,(H,36,37). The second-order valence-electron chi connectivity index (χ2n) is 9.73. The Hall–Kier alpha value is -2.89. The summed E-state index contributed by atoms with van der Waals surface area (Å²) in [7, 11) is 1.57. The number of aliphatic carboxylic acids is 1. The van der Waals surface area contributed by atoms with Crippen LogP contribution in [0.2, 0.25) is 10.0 Å². The lowest BCUT2D eigenvalue weighted by Crippen LogP contribution is -2.41. The molecular weight excluding hydrogens is 530 g/mol. The second kappa shape index (κ2) is 12.3. The number of aromatic nitrogens is 1. The first-order valence-electron chi connectivity index (χ1n) is 12.4. The minimum Gasteiger partial charge on any atom is -0.497 e. The van der Waals surface area contributed by atoms with Crippen molar-refractivity contribution in [2.45, 2.75) is 38.2 Å². The zero-order chi connectivity index (χ0) is 27.3. The summed E-state index contributed by atoms with van der Waals surface area (Å²) in [5, 5.41) is 22.2. The SMILES string of the molecule is COc1ccc2ncc(Cl)c(C(O)CCC3(CC(=O)O)CCN(CC#Cc4ccc(Cl)cc4F)CC3)c2c1. The first-order valence-corrected chi connectivity index (χ1v) is 13.1. The van der Waals surface area contributed by atoms with Crippen LogP contribution in [0.5, 0.6) is 5.75 Å². The average Bonchev–Trinajstić information content (AvgIpc) is 2.89. The first-order chi connectivity index (χ1) is 18.2. The number of likely N-dealkylation sites (tertiary alicyclic amines) is 1. The number of nitrogens with zero attached hydrogens (tertiary/aromatic N) is 2. The minimum absolute atomic E-state index is 0.0217. The monoisotopic (exact) mass is 558 g/mol. The fraction of sp³-hybridized carbons (Fsp3) is 0.379. The average molecular weight is 559 g/mol. The zero-order valence-electron chi connectivity index (χ0n) is 21.0. The molecule has 0 bridgehead atoms. The van der Waals surface area contributed by atoms with Crippen LogP contribution in [-0.4, -0.2) is 52.8 Å². The van der Waals surface area contributed by atoms with E-state index in [2.05, 4.69) is 21.7 Å². The molecule has 0 amide bonds. The molecule has 1 aliphatic rings. The molecule has 2 aromatic carbocycles. The maximum Gasteiger partial charge on any atom is 0.303 e. The molecule has 1 atom stereocenters. The third-order valence-corrected chi connectivity index (χ3v) is 7.79. The highest BCUT2D eigenvalue weighted by molar-refractivity contribution is 6.32. The molecule has 1 aromatic heterocycles. The van der Waals surface area contributed by atoms with E-state index in [0.29, 0.717) is 83.1 Å². The topological polar surface area (TPSA) is 82.9 Å². The van der Waals surface area contributed by atoms with Gasteiger partial charge >= 0.3 is 5.97 Å². The number of fused-ring (bicyclic) bond motifs is 1. The Morgan fingerprint density at radius 2 is 2.00 bits per heavy atom. The summed E-state index contributed by atoms with van der Waals surface area (Å²) in [5.41, 5.74) is 1.10. The van der Waals surface area contributed by atoms with Gasteiger partial charge in [0.25, 0.3) is 0 Å². The van der Waals surface area contributed by atoms with Crippen molar-refractivity contribution in [1.82, 2.24) is 9.88 Å². The molecule has 3 aromatic rings. The number of hydrogen-bond donors (Lipinski definition) is 2. The van der Waals surface area contributed by atoms with Crippen LogP contribution in [0.25, 0.3) is 10.9 Å². The van der Waals surface area contributed by atoms with Crippen LogP contribution in [0.15, 0.2) is 42.6 Å². The Bertz CT molecular complexity index is 1380. The van der Waals surface area contributed by atoms with E-state index in [0.717, 1.165) is 0 Å². The highest BCUT2D eigenvalue weighted by Gasteiger charge is 2.37. The summed E-state index contributed by atoms with van der Waals surface area (Å²) >= 11 is 12.2. The van der Waals surface area contributed by atoms with Gasteiger partial charge in [-0.15, -0.1) is 0 Å². The van der Waals surface area contributed by atoms with Crippen LogP contribution in [0.4, 0.5) is 4.39 Å². The molecule has 4 rings (SSSR count). The number of carboxylic acids is 1. The van der Waals surface area contributed by atoms with Gasteiger partial charge in [0.1, 0.15) is 11.6 Å². The van der Waals surface area contributed by atoms with Crippen LogP contribution in [0.3, 0.4) is 0 Å². The van der Waals surface area contributed by atoms with Crippen molar-refractivity contribution in [2.75, 3.05) is 26.7 Å². The van der Waals surface area contributed by atoms with Gasteiger partial charge in [0.15, 0.2) is 0 Å². The Labute approximate surface area is 231 Å². The molecule has 38 heavy (non-hydrogen) atoms. The maximum absolute atomic E-state index is 14.0. The number of aliphatic hydroxyl groups excluding tert-OH is 1. The first kappa shape index (κ1) is 28.1. The van der Waals surface area contributed by atoms with E-state index in [-0.39, 0.29) is 6.42 Å². The zero-order valence-corrected chi connectivity index (χ0v) is 22.5. The fourth-order valence-corrected chi connectivity index (χ4v) is 5.51. The third kappa shape index (κ3) is 6.75. The number of carbonyl (C=O) groups is 1. The molecule has 2 heterocycles. The van der Waals surface area contributed by atoms with E-state index in [1.165, 1.54) is 12.3 Å². The van der Waals surface area contributed by atoms with E-state index >= 15 is 0 Å². The van der Waals surface area contributed by atoms with Gasteiger partial charge in [-0.1, -0.05) is 35.0 Å². The van der Waals surface area contributed by atoms with E-state index in [9.17, 15) is 19.4 Å². The van der Waals surface area contributed by atoms with E-state index in [1.807, 2.05) is 6.07 Å².